The molecule has 2 rings (SSSR count). The van der Waals surface area contributed by atoms with Gasteiger partial charge in [0, 0.05) is 24.2 Å². The van der Waals surface area contributed by atoms with Gasteiger partial charge in [0.05, 0.1) is 18.5 Å². The second kappa shape index (κ2) is 10.7. The SMILES string of the molecule is COc1ccc([N+](=O)[O-])c(NC(=O)COC(=O)CCC(=O)Nc2ccc(C)c(C)c2)c1. The number of carbonyl (C=O) groups is 3. The lowest BCUT2D eigenvalue weighted by Crippen LogP contribution is -2.22. The van der Waals surface area contributed by atoms with Gasteiger partial charge in [0.25, 0.3) is 11.6 Å². The van der Waals surface area contributed by atoms with Gasteiger partial charge >= 0.3 is 5.97 Å². The molecule has 2 amide bonds. The molecule has 10 nitrogen and oxygen atoms in total. The highest BCUT2D eigenvalue weighted by atomic mass is 16.6. The van der Waals surface area contributed by atoms with Gasteiger partial charge in [-0.3, -0.25) is 24.5 Å². The van der Waals surface area contributed by atoms with Gasteiger partial charge in [-0.2, -0.15) is 0 Å². The first-order chi connectivity index (χ1) is 14.7. The van der Waals surface area contributed by atoms with Crippen molar-refractivity contribution in [2.75, 3.05) is 24.4 Å². The van der Waals surface area contributed by atoms with Crippen LogP contribution in [0.4, 0.5) is 17.1 Å². The minimum Gasteiger partial charge on any atom is -0.497 e. The number of aryl methyl sites for hydroxylation is 2. The molecule has 10 heteroatoms. The highest BCUT2D eigenvalue weighted by Crippen LogP contribution is 2.28. The van der Waals surface area contributed by atoms with Crippen LogP contribution in [0.25, 0.3) is 0 Å². The Kier molecular flexibility index (Phi) is 8.07. The molecule has 0 aliphatic carbocycles. The van der Waals surface area contributed by atoms with Crippen LogP contribution in [0.5, 0.6) is 5.75 Å². The van der Waals surface area contributed by atoms with Gasteiger partial charge in [0.1, 0.15) is 11.4 Å². The van der Waals surface area contributed by atoms with Crippen molar-refractivity contribution in [3.05, 3.63) is 57.6 Å². The number of esters is 1. The van der Waals surface area contributed by atoms with Crippen molar-refractivity contribution in [3.8, 4) is 5.75 Å². The fourth-order valence-electron chi connectivity index (χ4n) is 2.56. The summed E-state index contributed by atoms with van der Waals surface area (Å²) in [5, 5.41) is 16.1. The molecule has 0 radical (unpaired) electrons. The molecule has 0 unspecified atom stereocenters. The lowest BCUT2D eigenvalue weighted by atomic mass is 10.1. The lowest BCUT2D eigenvalue weighted by Gasteiger charge is -2.09. The molecule has 31 heavy (non-hydrogen) atoms. The van der Waals surface area contributed by atoms with Crippen molar-refractivity contribution in [2.45, 2.75) is 26.7 Å². The van der Waals surface area contributed by atoms with Crippen molar-refractivity contribution >= 4 is 34.8 Å². The number of ether oxygens (including phenoxy) is 2. The summed E-state index contributed by atoms with van der Waals surface area (Å²) in [6, 6.07) is 9.33. The molecule has 0 heterocycles. The Balaban J connectivity index is 1.80. The van der Waals surface area contributed by atoms with Crippen LogP contribution in [0, 0.1) is 24.0 Å². The summed E-state index contributed by atoms with van der Waals surface area (Å²) in [6.45, 7) is 3.24. The van der Waals surface area contributed by atoms with Gasteiger partial charge in [-0.05, 0) is 43.2 Å². The van der Waals surface area contributed by atoms with Crippen molar-refractivity contribution in [1.82, 2.24) is 0 Å². The van der Waals surface area contributed by atoms with E-state index in [0.29, 0.717) is 11.4 Å². The van der Waals surface area contributed by atoms with Crippen LogP contribution in [0.1, 0.15) is 24.0 Å². The van der Waals surface area contributed by atoms with Gasteiger partial charge in [0.15, 0.2) is 6.61 Å². The quantitative estimate of drug-likeness (QED) is 0.355. The topological polar surface area (TPSA) is 137 Å². The summed E-state index contributed by atoms with van der Waals surface area (Å²) >= 11 is 0. The van der Waals surface area contributed by atoms with E-state index in [1.807, 2.05) is 26.0 Å². The third-order valence-electron chi connectivity index (χ3n) is 4.39. The van der Waals surface area contributed by atoms with E-state index in [0.717, 1.165) is 11.1 Å². The van der Waals surface area contributed by atoms with Crippen molar-refractivity contribution in [1.29, 1.82) is 0 Å². The normalized spacial score (nSPS) is 10.2. The van der Waals surface area contributed by atoms with E-state index in [1.165, 1.54) is 25.3 Å². The van der Waals surface area contributed by atoms with E-state index < -0.39 is 23.4 Å². The third-order valence-corrected chi connectivity index (χ3v) is 4.39. The van der Waals surface area contributed by atoms with Gasteiger partial charge in [0.2, 0.25) is 5.91 Å². The number of anilines is 2. The standard InChI is InChI=1S/C21H23N3O7/c1-13-4-5-15(10-14(13)2)22-19(25)8-9-21(27)31-12-20(26)23-17-11-16(30-3)6-7-18(17)24(28)29/h4-7,10-11H,8-9,12H2,1-3H3,(H,22,25)(H,23,26). The summed E-state index contributed by atoms with van der Waals surface area (Å²) in [4.78, 5) is 46.2. The zero-order valence-electron chi connectivity index (χ0n) is 17.4. The molecule has 0 aromatic heterocycles. The number of hydrogen-bond donors (Lipinski definition) is 2. The molecule has 0 saturated heterocycles. The van der Waals surface area contributed by atoms with Crippen molar-refractivity contribution in [3.63, 3.8) is 0 Å². The largest absolute Gasteiger partial charge is 0.497 e. The van der Waals surface area contributed by atoms with Crippen LogP contribution in [0.3, 0.4) is 0 Å². The molecule has 0 atom stereocenters. The summed E-state index contributed by atoms with van der Waals surface area (Å²) in [5.74, 6) is -1.56. The Bertz CT molecular complexity index is 1000. The number of nitrogens with one attached hydrogen (secondary N) is 2. The number of benzene rings is 2. The molecule has 2 aromatic carbocycles. The maximum atomic E-state index is 12.0. The maximum absolute atomic E-state index is 12.0. The highest BCUT2D eigenvalue weighted by molar-refractivity contribution is 5.96. The van der Waals surface area contributed by atoms with Crippen LogP contribution >= 0.6 is 0 Å². The number of methoxy groups -OCH3 is 1. The Morgan fingerprint density at radius 2 is 1.71 bits per heavy atom. The molecular formula is C21H23N3O7. The second-order valence-electron chi connectivity index (χ2n) is 6.70. The number of carbonyl (C=O) groups excluding carboxylic acids is 3. The molecule has 0 aliphatic heterocycles. The Hall–Kier alpha value is -3.95. The van der Waals surface area contributed by atoms with Crippen LogP contribution < -0.4 is 15.4 Å². The summed E-state index contributed by atoms with van der Waals surface area (Å²) in [7, 11) is 1.38. The molecule has 0 spiro atoms. The van der Waals surface area contributed by atoms with Crippen molar-refractivity contribution in [2.24, 2.45) is 0 Å². The lowest BCUT2D eigenvalue weighted by molar-refractivity contribution is -0.383. The zero-order valence-corrected chi connectivity index (χ0v) is 17.4. The molecule has 0 aliphatic rings. The number of nitrogens with zero attached hydrogens (tertiary/aromatic N) is 1. The summed E-state index contributed by atoms with van der Waals surface area (Å²) in [5.41, 5.74) is 2.33. The van der Waals surface area contributed by atoms with Gasteiger partial charge in [-0.15, -0.1) is 0 Å². The van der Waals surface area contributed by atoms with E-state index in [2.05, 4.69) is 10.6 Å². The number of amides is 2. The number of nitro groups is 1. The first kappa shape index (κ1) is 23.3. The van der Waals surface area contributed by atoms with E-state index in [-0.39, 0.29) is 30.1 Å². The maximum Gasteiger partial charge on any atom is 0.306 e. The third kappa shape index (κ3) is 7.11. The predicted molar refractivity (Wildman–Crippen MR) is 113 cm³/mol. The van der Waals surface area contributed by atoms with Crippen molar-refractivity contribution < 1.29 is 28.8 Å². The van der Waals surface area contributed by atoms with Crippen LogP contribution in [0.2, 0.25) is 0 Å². The molecule has 2 aromatic rings. The van der Waals surface area contributed by atoms with E-state index >= 15 is 0 Å². The first-order valence-corrected chi connectivity index (χ1v) is 9.34. The minimum atomic E-state index is -0.760. The van der Waals surface area contributed by atoms with E-state index in [1.54, 1.807) is 6.07 Å². The monoisotopic (exact) mass is 429 g/mol. The van der Waals surface area contributed by atoms with Gasteiger partial charge in [-0.1, -0.05) is 6.07 Å². The fourth-order valence-corrected chi connectivity index (χ4v) is 2.56. The zero-order chi connectivity index (χ0) is 23.0. The smallest absolute Gasteiger partial charge is 0.306 e. The Morgan fingerprint density at radius 1 is 0.968 bits per heavy atom. The molecule has 0 saturated carbocycles. The highest BCUT2D eigenvalue weighted by Gasteiger charge is 2.18. The minimum absolute atomic E-state index is 0.0850. The molecule has 2 N–H and O–H groups in total. The van der Waals surface area contributed by atoms with Crippen LogP contribution in [-0.2, 0) is 19.1 Å². The molecule has 164 valence electrons. The molecule has 0 fully saturated rings. The summed E-state index contributed by atoms with van der Waals surface area (Å²) < 4.78 is 9.82. The van der Waals surface area contributed by atoms with Crippen LogP contribution in [-0.4, -0.2) is 36.4 Å². The molecule has 0 bridgehead atoms. The van der Waals surface area contributed by atoms with Gasteiger partial charge < -0.3 is 20.1 Å². The van der Waals surface area contributed by atoms with Crippen LogP contribution in [0.15, 0.2) is 36.4 Å². The summed E-state index contributed by atoms with van der Waals surface area (Å²) in [6.07, 6.45) is -0.335. The van der Waals surface area contributed by atoms with Gasteiger partial charge in [-0.25, -0.2) is 0 Å². The fraction of sp³-hybridized carbons (Fsp3) is 0.286. The average molecular weight is 429 g/mol. The predicted octanol–water partition coefficient (Wildman–Crippen LogP) is 3.12. The number of nitro benzene ring substituents is 1. The Labute approximate surface area is 178 Å². The molecular weight excluding hydrogens is 406 g/mol. The second-order valence-corrected chi connectivity index (χ2v) is 6.70. The number of hydrogen-bond acceptors (Lipinski definition) is 7. The number of rotatable bonds is 9. The first-order valence-electron chi connectivity index (χ1n) is 9.34. The van der Waals surface area contributed by atoms with E-state index in [4.69, 9.17) is 9.47 Å². The van der Waals surface area contributed by atoms with E-state index in [9.17, 15) is 24.5 Å². The Morgan fingerprint density at radius 3 is 2.35 bits per heavy atom. The average Bonchev–Trinajstić information content (AvgIpc) is 2.73.